The van der Waals surface area contributed by atoms with Gasteiger partial charge < -0.3 is 9.47 Å². The molecule has 0 aromatic heterocycles. The van der Waals surface area contributed by atoms with Gasteiger partial charge in [0.05, 0.1) is 0 Å². The summed E-state index contributed by atoms with van der Waals surface area (Å²) in [5.74, 6) is -1.44. The lowest BCUT2D eigenvalue weighted by Crippen LogP contribution is -2.18. The van der Waals surface area contributed by atoms with Gasteiger partial charge in [0.25, 0.3) is 0 Å². The Balaban J connectivity index is 1.57. The second-order valence-corrected chi connectivity index (χ2v) is 7.29. The molecule has 4 rings (SSSR count). The lowest BCUT2D eigenvalue weighted by molar-refractivity contribution is -0.148. The molecule has 0 amide bonds. The highest BCUT2D eigenvalue weighted by molar-refractivity contribution is 6.17. The number of esters is 2. The monoisotopic (exact) mass is 422 g/mol. The van der Waals surface area contributed by atoms with E-state index in [1.807, 2.05) is 103 Å². The number of benzene rings is 4. The number of rotatable bonds is 7. The van der Waals surface area contributed by atoms with Gasteiger partial charge in [-0.2, -0.15) is 0 Å². The molecule has 0 saturated carbocycles. The summed E-state index contributed by atoms with van der Waals surface area (Å²) < 4.78 is 10.8. The largest absolute Gasteiger partial charge is 0.457 e. The third kappa shape index (κ3) is 5.49. The summed E-state index contributed by atoms with van der Waals surface area (Å²) in [6.45, 7) is 0.140. The van der Waals surface area contributed by atoms with Gasteiger partial charge in [0.1, 0.15) is 18.8 Å². The SMILES string of the molecule is O=C(OCc1ccccc1)C(=Cc1ccc2ccccc2c1)C(=O)OCc1ccccc1. The van der Waals surface area contributed by atoms with E-state index in [4.69, 9.17) is 9.47 Å². The molecule has 4 nitrogen and oxygen atoms in total. The number of hydrogen-bond donors (Lipinski definition) is 0. The van der Waals surface area contributed by atoms with Gasteiger partial charge in [-0.25, -0.2) is 9.59 Å². The van der Waals surface area contributed by atoms with Gasteiger partial charge >= 0.3 is 11.9 Å². The zero-order valence-corrected chi connectivity index (χ0v) is 17.4. The molecule has 4 aromatic rings. The Morgan fingerprint density at radius 1 is 0.594 bits per heavy atom. The number of carbonyl (C=O) groups excluding carboxylic acids is 2. The van der Waals surface area contributed by atoms with Crippen LogP contribution in [0, 0.1) is 0 Å². The van der Waals surface area contributed by atoms with Crippen molar-refractivity contribution in [1.29, 1.82) is 0 Å². The molecule has 0 spiro atoms. The van der Waals surface area contributed by atoms with Gasteiger partial charge in [-0.05, 0) is 39.6 Å². The van der Waals surface area contributed by atoms with E-state index in [1.54, 1.807) is 0 Å². The van der Waals surface area contributed by atoms with Gasteiger partial charge in [-0.3, -0.25) is 0 Å². The van der Waals surface area contributed by atoms with Crippen molar-refractivity contribution in [3.8, 4) is 0 Å². The van der Waals surface area contributed by atoms with Crippen molar-refractivity contribution in [3.63, 3.8) is 0 Å². The van der Waals surface area contributed by atoms with Gasteiger partial charge in [0, 0.05) is 0 Å². The average Bonchev–Trinajstić information content (AvgIpc) is 2.85. The van der Waals surface area contributed by atoms with E-state index in [9.17, 15) is 9.59 Å². The summed E-state index contributed by atoms with van der Waals surface area (Å²) in [7, 11) is 0. The topological polar surface area (TPSA) is 52.6 Å². The molecule has 4 aromatic carbocycles. The normalized spacial score (nSPS) is 10.4. The molecule has 0 unspecified atom stereocenters. The molecular formula is C28H22O4. The predicted molar refractivity (Wildman–Crippen MR) is 124 cm³/mol. The van der Waals surface area contributed by atoms with Crippen LogP contribution >= 0.6 is 0 Å². The number of ether oxygens (including phenoxy) is 2. The zero-order valence-electron chi connectivity index (χ0n) is 17.4. The van der Waals surface area contributed by atoms with E-state index in [2.05, 4.69) is 0 Å². The summed E-state index contributed by atoms with van der Waals surface area (Å²) in [5, 5.41) is 2.08. The second-order valence-electron chi connectivity index (χ2n) is 7.29. The van der Waals surface area contributed by atoms with Gasteiger partial charge in [0.15, 0.2) is 0 Å². The number of carbonyl (C=O) groups is 2. The van der Waals surface area contributed by atoms with Gasteiger partial charge in [0.2, 0.25) is 0 Å². The highest BCUT2D eigenvalue weighted by Gasteiger charge is 2.22. The maximum Gasteiger partial charge on any atom is 0.345 e. The summed E-state index contributed by atoms with van der Waals surface area (Å²) in [4.78, 5) is 25.7. The molecule has 0 heterocycles. The molecule has 0 saturated heterocycles. The second kappa shape index (κ2) is 10.2. The quantitative estimate of drug-likeness (QED) is 0.166. The van der Waals surface area contributed by atoms with Crippen molar-refractivity contribution in [3.05, 3.63) is 125 Å². The molecule has 0 aliphatic heterocycles. The first-order valence-corrected chi connectivity index (χ1v) is 10.3. The lowest BCUT2D eigenvalue weighted by atomic mass is 10.0. The minimum atomic E-state index is -0.722. The van der Waals surface area contributed by atoms with Crippen LogP contribution in [0.4, 0.5) is 0 Å². The Morgan fingerprint density at radius 3 is 1.66 bits per heavy atom. The summed E-state index contributed by atoms with van der Waals surface area (Å²) in [6, 6.07) is 32.3. The van der Waals surface area contributed by atoms with E-state index in [-0.39, 0.29) is 18.8 Å². The Morgan fingerprint density at radius 2 is 1.09 bits per heavy atom. The highest BCUT2D eigenvalue weighted by atomic mass is 16.6. The van der Waals surface area contributed by atoms with Crippen molar-refractivity contribution in [2.75, 3.05) is 0 Å². The molecule has 4 heteroatoms. The molecule has 158 valence electrons. The molecule has 0 N–H and O–H groups in total. The minimum absolute atomic E-state index is 0.0701. The third-order valence-corrected chi connectivity index (χ3v) is 4.95. The van der Waals surface area contributed by atoms with Crippen LogP contribution < -0.4 is 0 Å². The van der Waals surface area contributed by atoms with Crippen molar-refractivity contribution in [2.24, 2.45) is 0 Å². The smallest absolute Gasteiger partial charge is 0.345 e. The fraction of sp³-hybridized carbons (Fsp3) is 0.0714. The summed E-state index contributed by atoms with van der Waals surface area (Å²) in [6.07, 6.45) is 1.52. The van der Waals surface area contributed by atoms with Gasteiger partial charge in [-0.15, -0.1) is 0 Å². The first-order chi connectivity index (χ1) is 15.7. The molecule has 32 heavy (non-hydrogen) atoms. The summed E-state index contributed by atoms with van der Waals surface area (Å²) >= 11 is 0. The Labute approximate surface area is 186 Å². The van der Waals surface area contributed by atoms with Crippen LogP contribution in [0.5, 0.6) is 0 Å². The molecule has 0 radical (unpaired) electrons. The molecule has 0 aliphatic rings. The van der Waals surface area contributed by atoms with Crippen LogP contribution in [0.1, 0.15) is 16.7 Å². The Hall–Kier alpha value is -4.18. The molecule has 0 fully saturated rings. The highest BCUT2D eigenvalue weighted by Crippen LogP contribution is 2.19. The molecular weight excluding hydrogens is 400 g/mol. The predicted octanol–water partition coefficient (Wildman–Crippen LogP) is 5.71. The maximum atomic E-state index is 12.8. The van der Waals surface area contributed by atoms with Crippen LogP contribution in [0.25, 0.3) is 16.8 Å². The van der Waals surface area contributed by atoms with Crippen molar-refractivity contribution in [1.82, 2.24) is 0 Å². The van der Waals surface area contributed by atoms with E-state index in [0.29, 0.717) is 5.56 Å². The lowest BCUT2D eigenvalue weighted by Gasteiger charge is -2.10. The first kappa shape index (κ1) is 21.1. The van der Waals surface area contributed by atoms with Crippen molar-refractivity contribution in [2.45, 2.75) is 13.2 Å². The fourth-order valence-corrected chi connectivity index (χ4v) is 3.27. The number of fused-ring (bicyclic) bond motifs is 1. The zero-order chi connectivity index (χ0) is 22.2. The van der Waals surface area contributed by atoms with Gasteiger partial charge in [-0.1, -0.05) is 97.1 Å². The van der Waals surface area contributed by atoms with Crippen LogP contribution in [0.3, 0.4) is 0 Å². The van der Waals surface area contributed by atoms with Crippen molar-refractivity contribution < 1.29 is 19.1 Å². The third-order valence-electron chi connectivity index (χ3n) is 4.95. The average molecular weight is 422 g/mol. The molecule has 0 bridgehead atoms. The van der Waals surface area contributed by atoms with E-state index < -0.39 is 11.9 Å². The Bertz CT molecular complexity index is 1190. The maximum absolute atomic E-state index is 12.8. The van der Waals surface area contributed by atoms with E-state index >= 15 is 0 Å². The standard InChI is InChI=1S/C28H22O4/c29-27(31-19-21-9-3-1-4-10-21)26(28(30)32-20-22-11-5-2-6-12-22)18-23-15-16-24-13-7-8-14-25(24)17-23/h1-18H,19-20H2. The summed E-state index contributed by atoms with van der Waals surface area (Å²) in [5.41, 5.74) is 2.24. The minimum Gasteiger partial charge on any atom is -0.457 e. The van der Waals surface area contributed by atoms with E-state index in [0.717, 1.165) is 21.9 Å². The molecule has 0 aliphatic carbocycles. The van der Waals surface area contributed by atoms with Crippen molar-refractivity contribution >= 4 is 28.8 Å². The number of hydrogen-bond acceptors (Lipinski definition) is 4. The van der Waals surface area contributed by atoms with E-state index in [1.165, 1.54) is 6.08 Å². The molecule has 0 atom stereocenters. The van der Waals surface area contributed by atoms with Crippen LogP contribution in [0.15, 0.2) is 109 Å². The fourth-order valence-electron chi connectivity index (χ4n) is 3.27. The van der Waals surface area contributed by atoms with Crippen LogP contribution in [-0.2, 0) is 32.3 Å². The first-order valence-electron chi connectivity index (χ1n) is 10.3. The van der Waals surface area contributed by atoms with Crippen LogP contribution in [0.2, 0.25) is 0 Å². The van der Waals surface area contributed by atoms with Crippen LogP contribution in [-0.4, -0.2) is 11.9 Å². The Kier molecular flexibility index (Phi) is 6.73.